The Morgan fingerprint density at radius 1 is 1.16 bits per heavy atom. The molecule has 4 heteroatoms. The summed E-state index contributed by atoms with van der Waals surface area (Å²) < 4.78 is 11.1. The van der Waals surface area contributed by atoms with Crippen LogP contribution < -0.4 is 14.8 Å². The van der Waals surface area contributed by atoms with Gasteiger partial charge >= 0.3 is 0 Å². The van der Waals surface area contributed by atoms with E-state index in [2.05, 4.69) is 12.2 Å². The highest BCUT2D eigenvalue weighted by Gasteiger charge is 2.15. The van der Waals surface area contributed by atoms with Gasteiger partial charge in [-0.2, -0.15) is 0 Å². The molecule has 2 atom stereocenters. The Morgan fingerprint density at radius 3 is 2.53 bits per heavy atom. The molecule has 1 aliphatic rings. The van der Waals surface area contributed by atoms with E-state index < -0.39 is 0 Å². The maximum absolute atomic E-state index is 9.81. The van der Waals surface area contributed by atoms with Crippen molar-refractivity contribution >= 4 is 0 Å². The van der Waals surface area contributed by atoms with E-state index in [9.17, 15) is 5.11 Å². The highest BCUT2D eigenvalue weighted by atomic mass is 16.6. The Kier molecular flexibility index (Phi) is 4.66. The molecule has 2 unspecified atom stereocenters. The van der Waals surface area contributed by atoms with E-state index in [0.29, 0.717) is 19.8 Å². The SMILES string of the molecule is CC(NCC(O)C(C)C)c1ccc2c(c1)OCCO2. The zero-order chi connectivity index (χ0) is 13.8. The fraction of sp³-hybridized carbons (Fsp3) is 0.600. The lowest BCUT2D eigenvalue weighted by atomic mass is 10.0. The summed E-state index contributed by atoms with van der Waals surface area (Å²) in [7, 11) is 0. The molecule has 2 rings (SSSR count). The highest BCUT2D eigenvalue weighted by Crippen LogP contribution is 2.32. The lowest BCUT2D eigenvalue weighted by molar-refractivity contribution is 0.120. The second-order valence-electron chi connectivity index (χ2n) is 5.34. The zero-order valence-electron chi connectivity index (χ0n) is 11.8. The Bertz CT molecular complexity index is 420. The van der Waals surface area contributed by atoms with Crippen LogP contribution in [0.4, 0.5) is 0 Å². The molecule has 106 valence electrons. The van der Waals surface area contributed by atoms with Crippen molar-refractivity contribution in [1.29, 1.82) is 0 Å². The number of ether oxygens (including phenoxy) is 2. The quantitative estimate of drug-likeness (QED) is 0.856. The van der Waals surface area contributed by atoms with Crippen LogP contribution in [-0.4, -0.2) is 31.0 Å². The third-order valence-corrected chi connectivity index (χ3v) is 3.47. The predicted molar refractivity (Wildman–Crippen MR) is 74.7 cm³/mol. The minimum Gasteiger partial charge on any atom is -0.486 e. The van der Waals surface area contributed by atoms with Crippen LogP contribution in [0, 0.1) is 5.92 Å². The van der Waals surface area contributed by atoms with E-state index in [1.165, 1.54) is 0 Å². The zero-order valence-corrected chi connectivity index (χ0v) is 11.8. The summed E-state index contributed by atoms with van der Waals surface area (Å²) in [6, 6.07) is 6.16. The van der Waals surface area contributed by atoms with Crippen molar-refractivity contribution in [3.8, 4) is 11.5 Å². The second-order valence-corrected chi connectivity index (χ2v) is 5.34. The molecule has 1 aliphatic heterocycles. The van der Waals surface area contributed by atoms with Gasteiger partial charge in [-0.3, -0.25) is 0 Å². The van der Waals surface area contributed by atoms with Gasteiger partial charge in [0, 0.05) is 12.6 Å². The first kappa shape index (κ1) is 14.2. The number of nitrogens with one attached hydrogen (secondary N) is 1. The van der Waals surface area contributed by atoms with Gasteiger partial charge in [-0.1, -0.05) is 19.9 Å². The molecule has 0 fully saturated rings. The number of aliphatic hydroxyl groups excluding tert-OH is 1. The molecule has 1 heterocycles. The first-order chi connectivity index (χ1) is 9.08. The van der Waals surface area contributed by atoms with Crippen molar-refractivity contribution in [3.05, 3.63) is 23.8 Å². The first-order valence-electron chi connectivity index (χ1n) is 6.89. The van der Waals surface area contributed by atoms with Crippen molar-refractivity contribution in [2.24, 2.45) is 5.92 Å². The molecule has 0 amide bonds. The molecule has 1 aromatic carbocycles. The van der Waals surface area contributed by atoms with Crippen LogP contribution in [0.25, 0.3) is 0 Å². The maximum atomic E-state index is 9.81. The molecule has 2 N–H and O–H groups in total. The number of rotatable bonds is 5. The number of benzene rings is 1. The monoisotopic (exact) mass is 265 g/mol. The Morgan fingerprint density at radius 2 is 1.84 bits per heavy atom. The van der Waals surface area contributed by atoms with Gasteiger partial charge in [0.1, 0.15) is 13.2 Å². The van der Waals surface area contributed by atoms with Gasteiger partial charge in [0.05, 0.1) is 6.10 Å². The van der Waals surface area contributed by atoms with Crippen molar-refractivity contribution in [2.75, 3.05) is 19.8 Å². The van der Waals surface area contributed by atoms with E-state index in [1.54, 1.807) is 0 Å². The van der Waals surface area contributed by atoms with Crippen LogP contribution in [0.3, 0.4) is 0 Å². The summed E-state index contributed by atoms with van der Waals surface area (Å²) in [6.07, 6.45) is -0.320. The van der Waals surface area contributed by atoms with Gasteiger partial charge in [-0.25, -0.2) is 0 Å². The molecular weight excluding hydrogens is 242 g/mol. The standard InChI is InChI=1S/C15H23NO3/c1-10(2)13(17)9-16-11(3)12-4-5-14-15(8-12)19-7-6-18-14/h4-5,8,10-11,13,16-17H,6-7,9H2,1-3H3. The van der Waals surface area contributed by atoms with Crippen LogP contribution in [0.5, 0.6) is 11.5 Å². The molecule has 0 bridgehead atoms. The average Bonchev–Trinajstić information content (AvgIpc) is 2.43. The third-order valence-electron chi connectivity index (χ3n) is 3.47. The number of fused-ring (bicyclic) bond motifs is 1. The van der Waals surface area contributed by atoms with Gasteiger partial charge in [-0.05, 0) is 30.5 Å². The van der Waals surface area contributed by atoms with Gasteiger partial charge in [0.2, 0.25) is 0 Å². The summed E-state index contributed by atoms with van der Waals surface area (Å²) in [4.78, 5) is 0. The fourth-order valence-corrected chi connectivity index (χ4v) is 1.98. The van der Waals surface area contributed by atoms with E-state index >= 15 is 0 Å². The summed E-state index contributed by atoms with van der Waals surface area (Å²) in [5.41, 5.74) is 1.14. The Balaban J connectivity index is 1.97. The molecule has 0 radical (unpaired) electrons. The van der Waals surface area contributed by atoms with E-state index in [-0.39, 0.29) is 18.1 Å². The van der Waals surface area contributed by atoms with Gasteiger partial charge in [-0.15, -0.1) is 0 Å². The summed E-state index contributed by atoms with van der Waals surface area (Å²) in [6.45, 7) is 7.92. The summed E-state index contributed by atoms with van der Waals surface area (Å²) >= 11 is 0. The molecule has 19 heavy (non-hydrogen) atoms. The maximum Gasteiger partial charge on any atom is 0.161 e. The summed E-state index contributed by atoms with van der Waals surface area (Å²) in [5, 5.41) is 13.1. The van der Waals surface area contributed by atoms with Gasteiger partial charge < -0.3 is 19.9 Å². The molecule has 0 aromatic heterocycles. The molecule has 4 nitrogen and oxygen atoms in total. The molecular formula is C15H23NO3. The number of hydrogen-bond acceptors (Lipinski definition) is 4. The molecule has 0 spiro atoms. The largest absolute Gasteiger partial charge is 0.486 e. The number of hydrogen-bond donors (Lipinski definition) is 2. The minimum atomic E-state index is -0.320. The second kappa shape index (κ2) is 6.26. The van der Waals surface area contributed by atoms with Crippen molar-refractivity contribution < 1.29 is 14.6 Å². The van der Waals surface area contributed by atoms with Crippen LogP contribution in [0.2, 0.25) is 0 Å². The van der Waals surface area contributed by atoms with Crippen LogP contribution in [0.1, 0.15) is 32.4 Å². The molecule has 0 aliphatic carbocycles. The van der Waals surface area contributed by atoms with Crippen LogP contribution in [-0.2, 0) is 0 Å². The lowest BCUT2D eigenvalue weighted by Crippen LogP contribution is -2.32. The third kappa shape index (κ3) is 3.61. The van der Waals surface area contributed by atoms with E-state index in [1.807, 2.05) is 32.0 Å². The van der Waals surface area contributed by atoms with Gasteiger partial charge in [0.25, 0.3) is 0 Å². The molecule has 1 aromatic rings. The molecule has 0 saturated carbocycles. The van der Waals surface area contributed by atoms with E-state index in [0.717, 1.165) is 17.1 Å². The fourth-order valence-electron chi connectivity index (χ4n) is 1.98. The first-order valence-corrected chi connectivity index (χ1v) is 6.89. The normalized spacial score (nSPS) is 17.3. The van der Waals surface area contributed by atoms with Crippen molar-refractivity contribution in [1.82, 2.24) is 5.32 Å². The summed E-state index contributed by atoms with van der Waals surface area (Å²) in [5.74, 6) is 1.88. The topological polar surface area (TPSA) is 50.7 Å². The van der Waals surface area contributed by atoms with Crippen LogP contribution >= 0.6 is 0 Å². The van der Waals surface area contributed by atoms with Gasteiger partial charge in [0.15, 0.2) is 11.5 Å². The Labute approximate surface area is 114 Å². The van der Waals surface area contributed by atoms with Crippen molar-refractivity contribution in [3.63, 3.8) is 0 Å². The predicted octanol–water partition coefficient (Wildman–Crippen LogP) is 2.13. The minimum absolute atomic E-state index is 0.171. The Hall–Kier alpha value is -1.26. The van der Waals surface area contributed by atoms with E-state index in [4.69, 9.17) is 9.47 Å². The average molecular weight is 265 g/mol. The number of aliphatic hydroxyl groups is 1. The smallest absolute Gasteiger partial charge is 0.161 e. The van der Waals surface area contributed by atoms with Crippen molar-refractivity contribution in [2.45, 2.75) is 32.9 Å². The van der Waals surface area contributed by atoms with Crippen LogP contribution in [0.15, 0.2) is 18.2 Å². The molecule has 0 saturated heterocycles. The lowest BCUT2D eigenvalue weighted by Gasteiger charge is -2.22. The highest BCUT2D eigenvalue weighted by molar-refractivity contribution is 5.44.